The van der Waals surface area contributed by atoms with Gasteiger partial charge in [-0.25, -0.2) is 0 Å². The van der Waals surface area contributed by atoms with Gasteiger partial charge in [0.25, 0.3) is 0 Å². The summed E-state index contributed by atoms with van der Waals surface area (Å²) in [5, 5.41) is 4.12. The molecule has 17 heavy (non-hydrogen) atoms. The number of thioether (sulfide) groups is 1. The molecule has 0 saturated heterocycles. The molecule has 0 aliphatic rings. The first-order valence-corrected chi connectivity index (χ1v) is 7.79. The van der Waals surface area contributed by atoms with Crippen LogP contribution in [-0.4, -0.2) is 25.1 Å². The Morgan fingerprint density at radius 2 is 2.24 bits per heavy atom. The second kappa shape index (κ2) is 8.84. The van der Waals surface area contributed by atoms with Crippen molar-refractivity contribution in [2.24, 2.45) is 0 Å². The van der Waals surface area contributed by atoms with Crippen LogP contribution in [0, 0.1) is 0 Å². The number of halogens is 1. The molecule has 0 saturated carbocycles. The highest BCUT2D eigenvalue weighted by atomic mass is 35.5. The number of likely N-dealkylation sites (N-methyl/N-ethyl adjacent to an activating group) is 1. The smallest absolute Gasteiger partial charge is 0.0408 e. The molecular formula is C14H22ClNS. The molecule has 1 atom stereocenters. The van der Waals surface area contributed by atoms with Gasteiger partial charge in [-0.3, -0.25) is 0 Å². The summed E-state index contributed by atoms with van der Waals surface area (Å²) in [6, 6.07) is 8.26. The summed E-state index contributed by atoms with van der Waals surface area (Å²) in [6.45, 7) is 3.24. The van der Waals surface area contributed by atoms with Crippen LogP contribution in [0.15, 0.2) is 24.3 Å². The summed E-state index contributed by atoms with van der Waals surface area (Å²) in [5.41, 5.74) is 1.35. The molecule has 0 aliphatic carbocycles. The fourth-order valence-corrected chi connectivity index (χ4v) is 2.83. The molecule has 1 rings (SSSR count). The minimum absolute atomic E-state index is 0.580. The van der Waals surface area contributed by atoms with E-state index in [9.17, 15) is 0 Å². The van der Waals surface area contributed by atoms with Crippen LogP contribution in [-0.2, 0) is 0 Å². The third-order valence-corrected chi connectivity index (χ3v) is 4.04. The molecule has 0 amide bonds. The molecule has 0 radical (unpaired) electrons. The Balaban J connectivity index is 2.52. The zero-order valence-electron chi connectivity index (χ0n) is 10.7. The van der Waals surface area contributed by atoms with Crippen molar-refractivity contribution in [3.05, 3.63) is 34.9 Å². The van der Waals surface area contributed by atoms with E-state index in [-0.39, 0.29) is 0 Å². The van der Waals surface area contributed by atoms with Gasteiger partial charge in [-0.15, -0.1) is 0 Å². The average molecular weight is 272 g/mol. The third kappa shape index (κ3) is 5.80. The van der Waals surface area contributed by atoms with Crippen LogP contribution in [0.4, 0.5) is 0 Å². The van der Waals surface area contributed by atoms with Gasteiger partial charge in [0.2, 0.25) is 0 Å². The van der Waals surface area contributed by atoms with E-state index < -0.39 is 0 Å². The minimum Gasteiger partial charge on any atom is -0.319 e. The number of nitrogens with one attached hydrogen (secondary N) is 1. The Kier molecular flexibility index (Phi) is 7.74. The van der Waals surface area contributed by atoms with Crippen LogP contribution in [0.2, 0.25) is 5.02 Å². The fourth-order valence-electron chi connectivity index (χ4n) is 1.97. The zero-order chi connectivity index (χ0) is 12.5. The van der Waals surface area contributed by atoms with E-state index in [0.29, 0.717) is 5.92 Å². The van der Waals surface area contributed by atoms with E-state index in [4.69, 9.17) is 11.6 Å². The lowest BCUT2D eigenvalue weighted by Gasteiger charge is -2.17. The van der Waals surface area contributed by atoms with Gasteiger partial charge >= 0.3 is 0 Å². The number of hydrogen-bond donors (Lipinski definition) is 1. The second-order valence-corrected chi connectivity index (χ2v) is 5.98. The van der Waals surface area contributed by atoms with Gasteiger partial charge in [-0.1, -0.05) is 30.7 Å². The Labute approximate surface area is 114 Å². The Morgan fingerprint density at radius 1 is 1.41 bits per heavy atom. The van der Waals surface area contributed by atoms with Gasteiger partial charge in [-0.05, 0) is 55.0 Å². The predicted molar refractivity (Wildman–Crippen MR) is 80.4 cm³/mol. The van der Waals surface area contributed by atoms with Crippen molar-refractivity contribution in [1.29, 1.82) is 0 Å². The molecule has 1 aromatic carbocycles. The van der Waals surface area contributed by atoms with E-state index in [0.717, 1.165) is 11.6 Å². The fraction of sp³-hybridized carbons (Fsp3) is 0.571. The normalized spacial score (nSPS) is 12.6. The minimum atomic E-state index is 0.580. The van der Waals surface area contributed by atoms with Gasteiger partial charge < -0.3 is 5.32 Å². The molecule has 0 aliphatic heterocycles. The molecule has 0 heterocycles. The molecule has 96 valence electrons. The number of benzene rings is 1. The molecule has 1 aromatic rings. The Bertz CT molecular complexity index is 317. The summed E-state index contributed by atoms with van der Waals surface area (Å²) in [5.74, 6) is 3.06. The summed E-state index contributed by atoms with van der Waals surface area (Å²) in [7, 11) is 2.01. The summed E-state index contributed by atoms with van der Waals surface area (Å²) < 4.78 is 0. The first-order valence-electron chi connectivity index (χ1n) is 6.25. The maximum Gasteiger partial charge on any atom is 0.0408 e. The van der Waals surface area contributed by atoms with Gasteiger partial charge in [0.05, 0.1) is 0 Å². The quantitative estimate of drug-likeness (QED) is 0.712. The maximum absolute atomic E-state index is 6.05. The van der Waals surface area contributed by atoms with Crippen LogP contribution in [0.1, 0.15) is 31.2 Å². The molecule has 0 aromatic heterocycles. The predicted octanol–water partition coefficient (Wildman–Crippen LogP) is 4.18. The van der Waals surface area contributed by atoms with Crippen molar-refractivity contribution in [1.82, 2.24) is 5.32 Å². The standard InChI is InChI=1S/C14H22ClNS/c1-3-17-9-5-7-13(11-16-2)12-6-4-8-14(15)10-12/h4,6,8,10,13,16H,3,5,7,9,11H2,1-2H3. The van der Waals surface area contributed by atoms with Crippen LogP contribution >= 0.6 is 23.4 Å². The van der Waals surface area contributed by atoms with Crippen LogP contribution in [0.25, 0.3) is 0 Å². The second-order valence-electron chi connectivity index (χ2n) is 4.15. The van der Waals surface area contributed by atoms with Gasteiger partial charge in [0.15, 0.2) is 0 Å². The first kappa shape index (κ1) is 14.9. The highest BCUT2D eigenvalue weighted by molar-refractivity contribution is 7.99. The van der Waals surface area contributed by atoms with Gasteiger partial charge in [0.1, 0.15) is 0 Å². The Morgan fingerprint density at radius 3 is 2.88 bits per heavy atom. The summed E-state index contributed by atoms with van der Waals surface area (Å²) in [6.07, 6.45) is 2.51. The van der Waals surface area contributed by atoms with Crippen molar-refractivity contribution >= 4 is 23.4 Å². The van der Waals surface area contributed by atoms with E-state index >= 15 is 0 Å². The molecular weight excluding hydrogens is 250 g/mol. The number of hydrogen-bond acceptors (Lipinski definition) is 2. The molecule has 0 bridgehead atoms. The van der Waals surface area contributed by atoms with Crippen molar-refractivity contribution in [2.45, 2.75) is 25.7 Å². The lowest BCUT2D eigenvalue weighted by Crippen LogP contribution is -2.17. The summed E-state index contributed by atoms with van der Waals surface area (Å²) in [4.78, 5) is 0. The average Bonchev–Trinajstić information content (AvgIpc) is 2.33. The van der Waals surface area contributed by atoms with Crippen LogP contribution in [0.5, 0.6) is 0 Å². The molecule has 1 nitrogen and oxygen atoms in total. The third-order valence-electron chi connectivity index (χ3n) is 2.82. The highest BCUT2D eigenvalue weighted by Gasteiger charge is 2.10. The molecule has 3 heteroatoms. The SMILES string of the molecule is CCSCCCC(CNC)c1cccc(Cl)c1. The van der Waals surface area contributed by atoms with Crippen molar-refractivity contribution in [3.63, 3.8) is 0 Å². The molecule has 0 spiro atoms. The number of rotatable bonds is 8. The Hall–Kier alpha value is -0.180. The highest BCUT2D eigenvalue weighted by Crippen LogP contribution is 2.24. The topological polar surface area (TPSA) is 12.0 Å². The maximum atomic E-state index is 6.05. The summed E-state index contributed by atoms with van der Waals surface area (Å²) >= 11 is 8.07. The molecule has 1 N–H and O–H groups in total. The van der Waals surface area contributed by atoms with E-state index in [1.165, 1.54) is 29.9 Å². The van der Waals surface area contributed by atoms with Crippen molar-refractivity contribution in [2.75, 3.05) is 25.1 Å². The molecule has 0 fully saturated rings. The van der Waals surface area contributed by atoms with E-state index in [2.05, 4.69) is 24.4 Å². The lowest BCUT2D eigenvalue weighted by molar-refractivity contribution is 0.578. The van der Waals surface area contributed by atoms with E-state index in [1.807, 2.05) is 30.9 Å². The first-order chi connectivity index (χ1) is 8.27. The largest absolute Gasteiger partial charge is 0.319 e. The van der Waals surface area contributed by atoms with E-state index in [1.54, 1.807) is 0 Å². The lowest BCUT2D eigenvalue weighted by atomic mass is 9.94. The van der Waals surface area contributed by atoms with Crippen molar-refractivity contribution < 1.29 is 0 Å². The monoisotopic (exact) mass is 271 g/mol. The van der Waals surface area contributed by atoms with Gasteiger partial charge in [-0.2, -0.15) is 11.8 Å². The van der Waals surface area contributed by atoms with Crippen LogP contribution in [0.3, 0.4) is 0 Å². The molecule has 1 unspecified atom stereocenters. The zero-order valence-corrected chi connectivity index (χ0v) is 12.3. The van der Waals surface area contributed by atoms with Crippen LogP contribution < -0.4 is 5.32 Å². The van der Waals surface area contributed by atoms with Crippen molar-refractivity contribution in [3.8, 4) is 0 Å². The van der Waals surface area contributed by atoms with Gasteiger partial charge in [0, 0.05) is 11.6 Å².